The van der Waals surface area contributed by atoms with Crippen molar-refractivity contribution < 1.29 is 13.6 Å². The molecule has 6 heteroatoms. The summed E-state index contributed by atoms with van der Waals surface area (Å²) in [7, 11) is 0. The van der Waals surface area contributed by atoms with E-state index in [1.54, 1.807) is 36.6 Å². The van der Waals surface area contributed by atoms with Crippen molar-refractivity contribution in [3.05, 3.63) is 78.1 Å². The molecule has 0 aliphatic carbocycles. The summed E-state index contributed by atoms with van der Waals surface area (Å²) in [6, 6.07) is 18.2. The first kappa shape index (κ1) is 15.8. The van der Waals surface area contributed by atoms with Crippen molar-refractivity contribution >= 4 is 11.6 Å². The Labute approximate surface area is 149 Å². The minimum absolute atomic E-state index is 0.173. The van der Waals surface area contributed by atoms with Crippen molar-refractivity contribution in [3.63, 3.8) is 0 Å². The zero-order valence-electron chi connectivity index (χ0n) is 14.0. The fourth-order valence-electron chi connectivity index (χ4n) is 2.56. The van der Waals surface area contributed by atoms with Crippen LogP contribution in [0.5, 0.6) is 0 Å². The van der Waals surface area contributed by atoms with Crippen LogP contribution in [0.2, 0.25) is 0 Å². The summed E-state index contributed by atoms with van der Waals surface area (Å²) >= 11 is 0. The molecule has 0 radical (unpaired) electrons. The third-order valence-electron chi connectivity index (χ3n) is 3.80. The summed E-state index contributed by atoms with van der Waals surface area (Å²) in [6.45, 7) is 1.95. The van der Waals surface area contributed by atoms with E-state index in [0.29, 0.717) is 34.4 Å². The number of nitrogens with zero attached hydrogens (tertiary/aromatic N) is 2. The quantitative estimate of drug-likeness (QED) is 0.586. The van der Waals surface area contributed by atoms with Crippen molar-refractivity contribution in [2.24, 2.45) is 0 Å². The monoisotopic (exact) mass is 345 g/mol. The normalized spacial score (nSPS) is 10.7. The number of benzene rings is 2. The van der Waals surface area contributed by atoms with Crippen LogP contribution in [0, 0.1) is 6.92 Å². The number of anilines is 1. The summed E-state index contributed by atoms with van der Waals surface area (Å²) in [6.07, 6.45) is 1.54. The van der Waals surface area contributed by atoms with E-state index in [2.05, 4.69) is 15.5 Å². The smallest absolute Gasteiger partial charge is 0.283 e. The molecule has 2 heterocycles. The fourth-order valence-corrected chi connectivity index (χ4v) is 2.56. The molecule has 0 spiro atoms. The Hall–Kier alpha value is -3.67. The number of rotatable bonds is 4. The van der Waals surface area contributed by atoms with Crippen LogP contribution in [0.4, 0.5) is 5.69 Å². The van der Waals surface area contributed by atoms with E-state index in [4.69, 9.17) is 8.83 Å². The Morgan fingerprint density at radius 2 is 1.81 bits per heavy atom. The molecular weight excluding hydrogens is 330 g/mol. The van der Waals surface area contributed by atoms with Gasteiger partial charge in [0.05, 0.1) is 6.26 Å². The number of amides is 1. The third kappa shape index (κ3) is 3.25. The van der Waals surface area contributed by atoms with Gasteiger partial charge < -0.3 is 14.2 Å². The zero-order valence-corrected chi connectivity index (χ0v) is 14.0. The van der Waals surface area contributed by atoms with Gasteiger partial charge in [0.1, 0.15) is 0 Å². The predicted octanol–water partition coefficient (Wildman–Crippen LogP) is 4.56. The average Bonchev–Trinajstić information content (AvgIpc) is 3.33. The maximum atomic E-state index is 12.4. The molecular formula is C20H15N3O3. The molecule has 1 amide bonds. The van der Waals surface area contributed by atoms with Crippen molar-refractivity contribution in [1.82, 2.24) is 10.2 Å². The summed E-state index contributed by atoms with van der Waals surface area (Å²) in [5, 5.41) is 10.9. The molecule has 6 nitrogen and oxygen atoms in total. The first-order valence-corrected chi connectivity index (χ1v) is 8.05. The lowest BCUT2D eigenvalue weighted by Crippen LogP contribution is -2.11. The highest BCUT2D eigenvalue weighted by Crippen LogP contribution is 2.26. The van der Waals surface area contributed by atoms with E-state index < -0.39 is 0 Å². The predicted molar refractivity (Wildman–Crippen MR) is 96.6 cm³/mol. The molecule has 0 saturated carbocycles. The van der Waals surface area contributed by atoms with E-state index in [0.717, 1.165) is 5.56 Å². The van der Waals surface area contributed by atoms with E-state index >= 15 is 0 Å². The molecule has 2 aromatic heterocycles. The minimum Gasteiger partial charge on any atom is -0.459 e. The Morgan fingerprint density at radius 1 is 0.962 bits per heavy atom. The Morgan fingerprint density at radius 3 is 2.62 bits per heavy atom. The second-order valence-corrected chi connectivity index (χ2v) is 5.79. The molecule has 4 aromatic rings. The highest BCUT2D eigenvalue weighted by atomic mass is 16.4. The fraction of sp³-hybridized carbons (Fsp3) is 0.0500. The van der Waals surface area contributed by atoms with Gasteiger partial charge >= 0.3 is 0 Å². The Bertz CT molecular complexity index is 1050. The first-order valence-electron chi connectivity index (χ1n) is 8.05. The first-order chi connectivity index (χ1) is 12.7. The molecule has 0 atom stereocenters. The van der Waals surface area contributed by atoms with Gasteiger partial charge in [-0.15, -0.1) is 10.2 Å². The third-order valence-corrected chi connectivity index (χ3v) is 3.80. The van der Waals surface area contributed by atoms with Gasteiger partial charge in [-0.1, -0.05) is 23.8 Å². The van der Waals surface area contributed by atoms with Crippen LogP contribution in [-0.2, 0) is 0 Å². The molecule has 128 valence electrons. The van der Waals surface area contributed by atoms with E-state index in [9.17, 15) is 4.79 Å². The Balaban J connectivity index is 1.56. The number of nitrogens with one attached hydrogen (secondary N) is 1. The topological polar surface area (TPSA) is 81.2 Å². The van der Waals surface area contributed by atoms with E-state index in [1.807, 2.05) is 37.3 Å². The van der Waals surface area contributed by atoms with E-state index in [1.165, 1.54) is 0 Å². The number of carbonyl (C=O) groups excluding carboxylic acids is 1. The van der Waals surface area contributed by atoms with Crippen LogP contribution in [0.15, 0.2) is 75.8 Å². The van der Waals surface area contributed by atoms with Gasteiger partial charge in [-0.2, -0.15) is 0 Å². The zero-order chi connectivity index (χ0) is 17.9. The summed E-state index contributed by atoms with van der Waals surface area (Å²) in [5.41, 5.74) is 2.99. The molecule has 2 aromatic carbocycles. The van der Waals surface area contributed by atoms with Gasteiger partial charge in [0.2, 0.25) is 5.89 Å². The summed E-state index contributed by atoms with van der Waals surface area (Å²) in [5.74, 6) is 0.988. The number of furan rings is 1. The van der Waals surface area contributed by atoms with Crippen LogP contribution < -0.4 is 5.32 Å². The standard InChI is InChI=1S/C20H15N3O3/c1-13-5-2-6-14(11-13)18(24)21-16-8-3-7-15(12-16)19-22-23-20(26-19)17-9-4-10-25-17/h2-12H,1H3,(H,21,24). The summed E-state index contributed by atoms with van der Waals surface area (Å²) in [4.78, 5) is 12.4. The average molecular weight is 345 g/mol. The van der Waals surface area contributed by atoms with Crippen molar-refractivity contribution in [2.75, 3.05) is 5.32 Å². The largest absolute Gasteiger partial charge is 0.459 e. The van der Waals surface area contributed by atoms with Crippen LogP contribution in [0.25, 0.3) is 23.1 Å². The number of hydrogen-bond donors (Lipinski definition) is 1. The molecule has 4 rings (SSSR count). The highest BCUT2D eigenvalue weighted by molar-refractivity contribution is 6.04. The number of aryl methyl sites for hydroxylation is 1. The number of carbonyl (C=O) groups is 1. The SMILES string of the molecule is Cc1cccc(C(=O)Nc2cccc(-c3nnc(-c4ccco4)o3)c2)c1. The molecule has 26 heavy (non-hydrogen) atoms. The van der Waals surface area contributed by atoms with Gasteiger partial charge in [0, 0.05) is 16.8 Å². The highest BCUT2D eigenvalue weighted by Gasteiger charge is 2.13. The lowest BCUT2D eigenvalue weighted by molar-refractivity contribution is 0.102. The van der Waals surface area contributed by atoms with Gasteiger partial charge in [-0.05, 0) is 49.4 Å². The van der Waals surface area contributed by atoms with Crippen LogP contribution in [0.3, 0.4) is 0 Å². The summed E-state index contributed by atoms with van der Waals surface area (Å²) < 4.78 is 10.9. The molecule has 1 N–H and O–H groups in total. The van der Waals surface area contributed by atoms with Gasteiger partial charge in [0.25, 0.3) is 11.8 Å². The maximum absolute atomic E-state index is 12.4. The van der Waals surface area contributed by atoms with Gasteiger partial charge in [-0.25, -0.2) is 0 Å². The number of hydrogen-bond acceptors (Lipinski definition) is 5. The van der Waals surface area contributed by atoms with E-state index in [-0.39, 0.29) is 5.91 Å². The van der Waals surface area contributed by atoms with Crippen LogP contribution in [0.1, 0.15) is 15.9 Å². The van der Waals surface area contributed by atoms with Gasteiger partial charge in [-0.3, -0.25) is 4.79 Å². The molecule has 0 fully saturated rings. The lowest BCUT2D eigenvalue weighted by atomic mass is 10.1. The molecule has 0 unspecified atom stereocenters. The lowest BCUT2D eigenvalue weighted by Gasteiger charge is -2.06. The van der Waals surface area contributed by atoms with Gasteiger partial charge in [0.15, 0.2) is 5.76 Å². The van der Waals surface area contributed by atoms with Crippen molar-refractivity contribution in [3.8, 4) is 23.1 Å². The number of aromatic nitrogens is 2. The Kier molecular flexibility index (Phi) is 4.07. The second-order valence-electron chi connectivity index (χ2n) is 5.79. The van der Waals surface area contributed by atoms with Crippen LogP contribution in [-0.4, -0.2) is 16.1 Å². The molecule has 0 aliphatic rings. The molecule has 0 bridgehead atoms. The maximum Gasteiger partial charge on any atom is 0.283 e. The van der Waals surface area contributed by atoms with Crippen molar-refractivity contribution in [2.45, 2.75) is 6.92 Å². The molecule has 0 saturated heterocycles. The molecule has 0 aliphatic heterocycles. The van der Waals surface area contributed by atoms with Crippen molar-refractivity contribution in [1.29, 1.82) is 0 Å². The second kappa shape index (κ2) is 6.68. The van der Waals surface area contributed by atoms with Crippen LogP contribution >= 0.6 is 0 Å². The minimum atomic E-state index is -0.173.